The highest BCUT2D eigenvalue weighted by Crippen LogP contribution is 2.22. The van der Waals surface area contributed by atoms with Crippen molar-refractivity contribution >= 4 is 17.7 Å². The second-order valence-corrected chi connectivity index (χ2v) is 5.17. The topological polar surface area (TPSA) is 94.6 Å². The number of nitrogens with one attached hydrogen (secondary N) is 1. The van der Waals surface area contributed by atoms with Crippen molar-refractivity contribution < 1.29 is 4.74 Å². The van der Waals surface area contributed by atoms with E-state index in [2.05, 4.69) is 21.4 Å². The van der Waals surface area contributed by atoms with Crippen LogP contribution in [0.1, 0.15) is 11.1 Å². The molecule has 0 saturated carbocycles. The first-order valence-corrected chi connectivity index (χ1v) is 7.71. The molecular formula is C20H13N5O. The highest BCUT2D eigenvalue weighted by molar-refractivity contribution is 5.55. The fourth-order valence-corrected chi connectivity index (χ4v) is 2.12. The largest absolute Gasteiger partial charge is 0.439 e. The van der Waals surface area contributed by atoms with Crippen LogP contribution >= 0.6 is 0 Å². The molecule has 0 saturated heterocycles. The summed E-state index contributed by atoms with van der Waals surface area (Å²) in [4.78, 5) is 8.47. The number of nitrogens with zero attached hydrogens (tertiary/aromatic N) is 4. The van der Waals surface area contributed by atoms with E-state index in [1.807, 2.05) is 18.2 Å². The first kappa shape index (κ1) is 16.7. The summed E-state index contributed by atoms with van der Waals surface area (Å²) in [5.74, 6) is 1.42. The maximum Gasteiger partial charge on any atom is 0.230 e. The van der Waals surface area contributed by atoms with Gasteiger partial charge in [-0.05, 0) is 48.0 Å². The molecule has 6 nitrogen and oxygen atoms in total. The van der Waals surface area contributed by atoms with Gasteiger partial charge in [-0.25, -0.2) is 4.98 Å². The van der Waals surface area contributed by atoms with Gasteiger partial charge in [0.25, 0.3) is 0 Å². The molecule has 0 fully saturated rings. The summed E-state index contributed by atoms with van der Waals surface area (Å²) in [6.45, 7) is 0. The van der Waals surface area contributed by atoms with Crippen LogP contribution < -0.4 is 10.1 Å². The lowest BCUT2D eigenvalue weighted by Gasteiger charge is -2.08. The zero-order chi connectivity index (χ0) is 18.2. The van der Waals surface area contributed by atoms with Crippen molar-refractivity contribution in [2.24, 2.45) is 0 Å². The van der Waals surface area contributed by atoms with Gasteiger partial charge < -0.3 is 10.1 Å². The predicted molar refractivity (Wildman–Crippen MR) is 97.6 cm³/mol. The Bertz CT molecular complexity index is 996. The second kappa shape index (κ2) is 8.09. The Labute approximate surface area is 150 Å². The van der Waals surface area contributed by atoms with Crippen molar-refractivity contribution in [3.05, 3.63) is 78.0 Å². The molecule has 1 N–H and O–H groups in total. The lowest BCUT2D eigenvalue weighted by molar-refractivity contribution is 0.462. The van der Waals surface area contributed by atoms with Crippen LogP contribution in [0, 0.1) is 22.7 Å². The Balaban J connectivity index is 1.69. The summed E-state index contributed by atoms with van der Waals surface area (Å²) in [6, 6.07) is 20.0. The van der Waals surface area contributed by atoms with Crippen molar-refractivity contribution in [3.8, 4) is 23.8 Å². The fourth-order valence-electron chi connectivity index (χ4n) is 2.12. The Hall–Kier alpha value is -4.16. The van der Waals surface area contributed by atoms with E-state index in [0.717, 1.165) is 11.3 Å². The van der Waals surface area contributed by atoms with Crippen LogP contribution in [0.4, 0.5) is 11.6 Å². The average molecular weight is 339 g/mol. The molecule has 0 unspecified atom stereocenters. The van der Waals surface area contributed by atoms with E-state index in [9.17, 15) is 0 Å². The van der Waals surface area contributed by atoms with Crippen molar-refractivity contribution in [2.75, 3.05) is 5.32 Å². The van der Waals surface area contributed by atoms with Crippen LogP contribution in [0.5, 0.6) is 11.6 Å². The summed E-state index contributed by atoms with van der Waals surface area (Å²) in [7, 11) is 0. The van der Waals surface area contributed by atoms with Gasteiger partial charge >= 0.3 is 0 Å². The van der Waals surface area contributed by atoms with Crippen LogP contribution in [-0.4, -0.2) is 9.97 Å². The predicted octanol–water partition coefficient (Wildman–Crippen LogP) is 4.42. The van der Waals surface area contributed by atoms with E-state index in [1.54, 1.807) is 54.7 Å². The Kier molecular flexibility index (Phi) is 5.19. The van der Waals surface area contributed by atoms with E-state index < -0.39 is 0 Å². The highest BCUT2D eigenvalue weighted by atomic mass is 16.5. The summed E-state index contributed by atoms with van der Waals surface area (Å²) in [5.41, 5.74) is 2.26. The van der Waals surface area contributed by atoms with Crippen molar-refractivity contribution in [2.45, 2.75) is 0 Å². The molecule has 3 aromatic rings. The first-order valence-electron chi connectivity index (χ1n) is 7.71. The third-order valence-electron chi connectivity index (χ3n) is 3.35. The zero-order valence-electron chi connectivity index (χ0n) is 13.6. The molecular weight excluding hydrogens is 326 g/mol. The molecule has 0 amide bonds. The van der Waals surface area contributed by atoms with Gasteiger partial charge in [-0.15, -0.1) is 0 Å². The average Bonchev–Trinajstić information content (AvgIpc) is 2.68. The molecule has 26 heavy (non-hydrogen) atoms. The third kappa shape index (κ3) is 4.44. The van der Waals surface area contributed by atoms with Crippen molar-refractivity contribution in [1.82, 2.24) is 9.97 Å². The lowest BCUT2D eigenvalue weighted by Crippen LogP contribution is -1.98. The summed E-state index contributed by atoms with van der Waals surface area (Å²) in [6.07, 6.45) is 4.73. The number of ether oxygens (including phenoxy) is 1. The second-order valence-electron chi connectivity index (χ2n) is 5.17. The van der Waals surface area contributed by atoms with E-state index in [1.165, 1.54) is 6.08 Å². The molecule has 124 valence electrons. The minimum absolute atomic E-state index is 0.390. The quantitative estimate of drug-likeness (QED) is 0.691. The third-order valence-corrected chi connectivity index (χ3v) is 3.35. The number of rotatable bonds is 5. The standard InChI is InChI=1S/C20H13N5O/c21-12-1-2-15-5-9-18(10-6-15)26-19-11-13-23-20(25-19)24-17-7-3-16(14-22)4-8-17/h1-11,13H,(H,23,24,25)/b2-1+. The van der Waals surface area contributed by atoms with E-state index in [4.69, 9.17) is 15.3 Å². The maximum atomic E-state index is 8.82. The summed E-state index contributed by atoms with van der Waals surface area (Å²) >= 11 is 0. The maximum absolute atomic E-state index is 8.82. The van der Waals surface area contributed by atoms with Crippen LogP contribution in [0.15, 0.2) is 66.9 Å². The molecule has 1 aromatic heterocycles. The molecule has 0 bridgehead atoms. The van der Waals surface area contributed by atoms with Gasteiger partial charge in [-0.3, -0.25) is 0 Å². The first-order chi connectivity index (χ1) is 12.8. The molecule has 3 rings (SSSR count). The number of anilines is 2. The van der Waals surface area contributed by atoms with Gasteiger partial charge in [0.05, 0.1) is 17.7 Å². The molecule has 1 heterocycles. The number of allylic oxidation sites excluding steroid dienone is 1. The van der Waals surface area contributed by atoms with Gasteiger partial charge in [0.1, 0.15) is 5.75 Å². The lowest BCUT2D eigenvalue weighted by atomic mass is 10.2. The van der Waals surface area contributed by atoms with Crippen molar-refractivity contribution in [3.63, 3.8) is 0 Å². The molecule has 0 atom stereocenters. The van der Waals surface area contributed by atoms with Crippen LogP contribution in [0.2, 0.25) is 0 Å². The number of aromatic nitrogens is 2. The zero-order valence-corrected chi connectivity index (χ0v) is 13.6. The minimum atomic E-state index is 0.390. The summed E-state index contributed by atoms with van der Waals surface area (Å²) in [5, 5.41) is 20.4. The number of benzene rings is 2. The molecule has 2 aromatic carbocycles. The SMILES string of the molecule is N#C/C=C/c1ccc(Oc2ccnc(Nc3ccc(C#N)cc3)n2)cc1. The smallest absolute Gasteiger partial charge is 0.230 e. The number of hydrogen-bond acceptors (Lipinski definition) is 6. The Morgan fingerprint density at radius 1 is 0.962 bits per heavy atom. The highest BCUT2D eigenvalue weighted by Gasteiger charge is 2.03. The van der Waals surface area contributed by atoms with Crippen LogP contribution in [0.3, 0.4) is 0 Å². The van der Waals surface area contributed by atoms with Crippen LogP contribution in [-0.2, 0) is 0 Å². The van der Waals surface area contributed by atoms with Gasteiger partial charge in [-0.1, -0.05) is 12.1 Å². The normalized spacial score (nSPS) is 10.1. The van der Waals surface area contributed by atoms with E-state index in [0.29, 0.717) is 23.1 Å². The van der Waals surface area contributed by atoms with Gasteiger partial charge in [-0.2, -0.15) is 15.5 Å². The van der Waals surface area contributed by atoms with E-state index in [-0.39, 0.29) is 0 Å². The molecule has 0 aliphatic rings. The molecule has 0 aliphatic carbocycles. The monoisotopic (exact) mass is 339 g/mol. The van der Waals surface area contributed by atoms with Crippen LogP contribution in [0.25, 0.3) is 6.08 Å². The fraction of sp³-hybridized carbons (Fsp3) is 0. The molecule has 0 aliphatic heterocycles. The van der Waals surface area contributed by atoms with Gasteiger partial charge in [0.15, 0.2) is 0 Å². The molecule has 0 spiro atoms. The Morgan fingerprint density at radius 2 is 1.73 bits per heavy atom. The minimum Gasteiger partial charge on any atom is -0.439 e. The number of nitriles is 2. The molecule has 0 radical (unpaired) electrons. The van der Waals surface area contributed by atoms with E-state index >= 15 is 0 Å². The molecule has 6 heteroatoms. The van der Waals surface area contributed by atoms with Gasteiger partial charge in [0, 0.05) is 24.0 Å². The van der Waals surface area contributed by atoms with Crippen molar-refractivity contribution in [1.29, 1.82) is 10.5 Å². The van der Waals surface area contributed by atoms with Gasteiger partial charge in [0.2, 0.25) is 11.8 Å². The Morgan fingerprint density at radius 3 is 2.42 bits per heavy atom. The summed E-state index contributed by atoms with van der Waals surface area (Å²) < 4.78 is 5.73. The number of hydrogen-bond donors (Lipinski definition) is 1.